The molecule has 4 amide bonds. The predicted octanol–water partition coefficient (Wildman–Crippen LogP) is 2.82. The summed E-state index contributed by atoms with van der Waals surface area (Å²) in [7, 11) is 1.68. The largest absolute Gasteiger partial charge is 0.383 e. The molecule has 0 aliphatic carbocycles. The maximum absolute atomic E-state index is 13.8. The Kier molecular flexibility index (Phi) is 14.3. The van der Waals surface area contributed by atoms with Crippen molar-refractivity contribution in [3.63, 3.8) is 0 Å². The van der Waals surface area contributed by atoms with Crippen LogP contribution in [0.15, 0.2) is 67.0 Å². The van der Waals surface area contributed by atoms with Gasteiger partial charge in [-0.3, -0.25) is 24.1 Å². The highest BCUT2D eigenvalue weighted by Gasteiger charge is 2.29. The number of carbonyl (C=O) groups is 4. The van der Waals surface area contributed by atoms with Gasteiger partial charge in [0.15, 0.2) is 0 Å². The van der Waals surface area contributed by atoms with Crippen LogP contribution in [0.4, 0.5) is 0 Å². The molecule has 2 bridgehead atoms. The van der Waals surface area contributed by atoms with Crippen LogP contribution in [-0.4, -0.2) is 83.0 Å². The Morgan fingerprint density at radius 2 is 1.63 bits per heavy atom. The number of nitrogens with one attached hydrogen (secondary N) is 4. The second-order valence-electron chi connectivity index (χ2n) is 13.1. The third kappa shape index (κ3) is 11.8. The Morgan fingerprint density at radius 3 is 2.35 bits per heavy atom. The van der Waals surface area contributed by atoms with Gasteiger partial charge in [-0.05, 0) is 61.9 Å². The fourth-order valence-corrected chi connectivity index (χ4v) is 5.80. The lowest BCUT2D eigenvalue weighted by atomic mass is 10.0. The fraction of sp³-hybridized carbons (Fsp3) is 0.486. The normalized spacial score (nSPS) is 20.6. The first-order chi connectivity index (χ1) is 23.6. The number of hydrogen-bond acceptors (Lipinski definition) is 7. The lowest BCUT2D eigenvalue weighted by molar-refractivity contribution is -0.132. The van der Waals surface area contributed by atoms with Gasteiger partial charge in [0.05, 0.1) is 13.2 Å². The Hall–Kier alpha value is -4.55. The van der Waals surface area contributed by atoms with E-state index in [0.29, 0.717) is 44.8 Å². The van der Waals surface area contributed by atoms with E-state index in [-0.39, 0.29) is 24.2 Å². The molecule has 0 saturated heterocycles. The summed E-state index contributed by atoms with van der Waals surface area (Å²) in [5.41, 5.74) is 2.32. The Bertz CT molecular complexity index is 1510. The number of benzene rings is 2. The Labute approximate surface area is 289 Å². The summed E-state index contributed by atoms with van der Waals surface area (Å²) in [4.78, 5) is 60.5. The van der Waals surface area contributed by atoms with Crippen LogP contribution >= 0.6 is 0 Å². The third-order valence-corrected chi connectivity index (χ3v) is 8.52. The number of aromatic nitrogens is 2. The average molecular weight is 674 g/mol. The summed E-state index contributed by atoms with van der Waals surface area (Å²) in [6.45, 7) is 9.29. The molecule has 12 heteroatoms. The van der Waals surface area contributed by atoms with Gasteiger partial charge in [0.25, 0.3) is 5.91 Å². The summed E-state index contributed by atoms with van der Waals surface area (Å²) in [5.74, 6) is -0.594. The second kappa shape index (κ2) is 18.8. The maximum Gasteiger partial charge on any atom is 0.251 e. The van der Waals surface area contributed by atoms with Crippen LogP contribution in [0, 0.1) is 5.92 Å². The van der Waals surface area contributed by atoms with Gasteiger partial charge < -0.3 is 30.6 Å². The number of fused-ring (bicyclic) bond motifs is 18. The number of rotatable bonds is 9. The minimum absolute atomic E-state index is 0.0836. The van der Waals surface area contributed by atoms with Gasteiger partial charge in [-0.25, -0.2) is 4.98 Å². The first kappa shape index (κ1) is 37.3. The van der Waals surface area contributed by atoms with Gasteiger partial charge in [0, 0.05) is 51.1 Å². The van der Waals surface area contributed by atoms with Crippen LogP contribution in [0.2, 0.25) is 0 Å². The van der Waals surface area contributed by atoms with Crippen LogP contribution in [-0.2, 0) is 45.2 Å². The smallest absolute Gasteiger partial charge is 0.251 e. The van der Waals surface area contributed by atoms with E-state index in [9.17, 15) is 19.2 Å². The molecule has 0 unspecified atom stereocenters. The van der Waals surface area contributed by atoms with E-state index in [1.54, 1.807) is 32.4 Å². The molecule has 12 nitrogen and oxygen atoms in total. The number of nitrogens with zero attached hydrogens (tertiary/aromatic N) is 3. The molecule has 2 aromatic carbocycles. The molecule has 0 spiro atoms. The van der Waals surface area contributed by atoms with Crippen LogP contribution in [0.3, 0.4) is 0 Å². The molecule has 1 aromatic heterocycles. The molecule has 2 aliphatic rings. The van der Waals surface area contributed by atoms with E-state index in [4.69, 9.17) is 4.74 Å². The highest BCUT2D eigenvalue weighted by molar-refractivity contribution is 5.98. The summed E-state index contributed by atoms with van der Waals surface area (Å²) in [6.07, 6.45) is 5.91. The fourth-order valence-electron chi connectivity index (χ4n) is 5.80. The molecule has 2 aliphatic heterocycles. The van der Waals surface area contributed by atoms with Gasteiger partial charge in [-0.1, -0.05) is 56.3 Å². The molecule has 3 heterocycles. The van der Waals surface area contributed by atoms with E-state index in [0.717, 1.165) is 36.3 Å². The molecule has 4 N–H and O–H groups in total. The van der Waals surface area contributed by atoms with E-state index in [1.807, 2.05) is 62.5 Å². The van der Waals surface area contributed by atoms with Gasteiger partial charge in [0.2, 0.25) is 17.7 Å². The van der Waals surface area contributed by atoms with Crippen molar-refractivity contribution >= 4 is 23.6 Å². The first-order valence-electron chi connectivity index (χ1n) is 17.2. The molecule has 0 radical (unpaired) electrons. The topological polar surface area (TPSA) is 147 Å². The Balaban J connectivity index is 1.59. The number of amides is 4. The molecule has 3 atom stereocenters. The highest BCUT2D eigenvalue weighted by atomic mass is 16.5. The van der Waals surface area contributed by atoms with Crippen molar-refractivity contribution in [3.05, 3.63) is 89.5 Å². The van der Waals surface area contributed by atoms with Crippen LogP contribution in [0.5, 0.6) is 0 Å². The molecule has 0 fully saturated rings. The summed E-state index contributed by atoms with van der Waals surface area (Å²) >= 11 is 0. The van der Waals surface area contributed by atoms with Crippen molar-refractivity contribution in [2.24, 2.45) is 5.92 Å². The predicted molar refractivity (Wildman–Crippen MR) is 187 cm³/mol. The van der Waals surface area contributed by atoms with Crippen molar-refractivity contribution in [2.45, 2.75) is 84.2 Å². The molecule has 264 valence electrons. The van der Waals surface area contributed by atoms with E-state index in [2.05, 4.69) is 35.7 Å². The number of ether oxygens (including phenoxy) is 1. The van der Waals surface area contributed by atoms with Crippen molar-refractivity contribution in [1.29, 1.82) is 0 Å². The molecule has 3 aromatic rings. The zero-order valence-electron chi connectivity index (χ0n) is 29.1. The molecule has 0 saturated carbocycles. The number of hydrogen-bond donors (Lipinski definition) is 4. The van der Waals surface area contributed by atoms with Crippen molar-refractivity contribution in [2.75, 3.05) is 26.8 Å². The quantitative estimate of drug-likeness (QED) is 0.256. The lowest BCUT2D eigenvalue weighted by Crippen LogP contribution is -2.57. The zero-order valence-corrected chi connectivity index (χ0v) is 29.1. The van der Waals surface area contributed by atoms with Crippen LogP contribution in [0.1, 0.15) is 67.3 Å². The standard InChI is InChI=1S/C37H51N7O5/c1-26(2)22-31-36(47)40-27(3)34(45)39-16-8-9-18-43(25-33-38-17-19-44(33)20-21-49-4)24-29-12-14-30(15-13-29)35(46)41-32(37(48)42-31)23-28-10-6-5-7-11-28/h5-7,10-15,17,19,26-27,31-32H,8-9,16,18,20-25H2,1-4H3,(H,39,45)(H,40,47)(H,41,46)(H,42,48)/t27-,31+,32-/m1/s1. The van der Waals surface area contributed by atoms with Crippen LogP contribution < -0.4 is 21.3 Å². The number of imidazole rings is 1. The van der Waals surface area contributed by atoms with Gasteiger partial charge in [0.1, 0.15) is 23.9 Å². The van der Waals surface area contributed by atoms with Crippen molar-refractivity contribution < 1.29 is 23.9 Å². The average Bonchev–Trinajstić information content (AvgIpc) is 3.52. The first-order valence-corrected chi connectivity index (χ1v) is 17.2. The molecule has 5 rings (SSSR count). The molecule has 49 heavy (non-hydrogen) atoms. The monoisotopic (exact) mass is 673 g/mol. The van der Waals surface area contributed by atoms with E-state index < -0.39 is 29.9 Å². The lowest BCUT2D eigenvalue weighted by Gasteiger charge is -2.25. The number of methoxy groups -OCH3 is 1. The van der Waals surface area contributed by atoms with Gasteiger partial charge in [-0.2, -0.15) is 0 Å². The minimum atomic E-state index is -0.941. The third-order valence-electron chi connectivity index (χ3n) is 8.52. The van der Waals surface area contributed by atoms with Gasteiger partial charge in [-0.15, -0.1) is 0 Å². The van der Waals surface area contributed by atoms with E-state index >= 15 is 0 Å². The zero-order chi connectivity index (χ0) is 35.2. The van der Waals surface area contributed by atoms with Crippen molar-refractivity contribution in [3.8, 4) is 0 Å². The summed E-state index contributed by atoms with van der Waals surface area (Å²) in [5, 5.41) is 11.5. The minimum Gasteiger partial charge on any atom is -0.383 e. The van der Waals surface area contributed by atoms with Gasteiger partial charge >= 0.3 is 0 Å². The van der Waals surface area contributed by atoms with E-state index in [1.165, 1.54) is 0 Å². The summed E-state index contributed by atoms with van der Waals surface area (Å²) < 4.78 is 7.35. The SMILES string of the molecule is COCCn1ccnc1CN1CCCCNC(=O)[C@@H](C)NC(=O)[C@H](CC(C)C)NC(=O)[C@@H](Cc2ccccc2)NC(=O)c2ccc(cc2)C1. The Morgan fingerprint density at radius 1 is 0.898 bits per heavy atom. The highest BCUT2D eigenvalue weighted by Crippen LogP contribution is 2.14. The summed E-state index contributed by atoms with van der Waals surface area (Å²) in [6, 6.07) is 14.2. The van der Waals surface area contributed by atoms with Crippen molar-refractivity contribution in [1.82, 2.24) is 35.7 Å². The second-order valence-corrected chi connectivity index (χ2v) is 13.1. The maximum atomic E-state index is 13.8. The molecular weight excluding hydrogens is 622 g/mol. The van der Waals surface area contributed by atoms with Crippen LogP contribution in [0.25, 0.3) is 0 Å². The number of carbonyl (C=O) groups excluding carboxylic acids is 4. The molecular formula is C37H51N7O5.